The number of aryl methyl sites for hydroxylation is 2. The van der Waals surface area contributed by atoms with Crippen LogP contribution in [-0.4, -0.2) is 34.6 Å². The van der Waals surface area contributed by atoms with Crippen molar-refractivity contribution in [3.05, 3.63) is 68.8 Å². The average molecular weight is 446 g/mol. The quantitative estimate of drug-likeness (QED) is 0.564. The molecule has 30 heavy (non-hydrogen) atoms. The van der Waals surface area contributed by atoms with Crippen molar-refractivity contribution < 1.29 is 14.7 Å². The number of carboxylic acid groups (broad SMARTS) is 1. The number of hydrogen-bond donors (Lipinski definition) is 3. The van der Waals surface area contributed by atoms with Crippen molar-refractivity contribution in [2.75, 3.05) is 13.1 Å². The fourth-order valence-corrected chi connectivity index (χ4v) is 4.55. The topological polar surface area (TPSA) is 83.4 Å². The molecule has 0 aliphatic carbocycles. The van der Waals surface area contributed by atoms with E-state index in [0.717, 1.165) is 23.0 Å². The van der Waals surface area contributed by atoms with E-state index in [9.17, 15) is 14.7 Å². The van der Waals surface area contributed by atoms with Crippen LogP contribution in [0.2, 0.25) is 10.0 Å². The summed E-state index contributed by atoms with van der Waals surface area (Å²) >= 11 is 12.5. The summed E-state index contributed by atoms with van der Waals surface area (Å²) in [6.07, 6.45) is 0.696. The van der Waals surface area contributed by atoms with Crippen LogP contribution in [0.4, 0.5) is 0 Å². The fourth-order valence-electron chi connectivity index (χ4n) is 4.17. The Morgan fingerprint density at radius 1 is 1.20 bits per heavy atom. The second-order valence-electron chi connectivity index (χ2n) is 7.68. The van der Waals surface area contributed by atoms with Crippen LogP contribution in [0.15, 0.2) is 36.4 Å². The second-order valence-corrected chi connectivity index (χ2v) is 8.47. The van der Waals surface area contributed by atoms with Gasteiger partial charge < -0.3 is 20.3 Å². The van der Waals surface area contributed by atoms with Gasteiger partial charge in [-0.15, -0.1) is 0 Å². The molecule has 1 aliphatic heterocycles. The normalized spacial score (nSPS) is 18.7. The number of carbonyl (C=O) groups excluding carboxylic acids is 1. The van der Waals surface area contributed by atoms with E-state index in [0.29, 0.717) is 34.3 Å². The van der Waals surface area contributed by atoms with Gasteiger partial charge in [0.05, 0.1) is 21.1 Å². The average Bonchev–Trinajstić information content (AvgIpc) is 3.30. The summed E-state index contributed by atoms with van der Waals surface area (Å²) in [5.41, 5.74) is 2.45. The van der Waals surface area contributed by atoms with Gasteiger partial charge in [0, 0.05) is 24.5 Å². The van der Waals surface area contributed by atoms with Crippen molar-refractivity contribution in [1.82, 2.24) is 15.2 Å². The minimum atomic E-state index is -0.965. The van der Waals surface area contributed by atoms with Crippen LogP contribution in [0, 0.1) is 6.92 Å². The van der Waals surface area contributed by atoms with E-state index < -0.39 is 11.5 Å². The number of rotatable bonds is 4. The van der Waals surface area contributed by atoms with Crippen LogP contribution < -0.4 is 10.6 Å². The molecule has 3 N–H and O–H groups in total. The molecule has 0 radical (unpaired) electrons. The van der Waals surface area contributed by atoms with Crippen molar-refractivity contribution in [2.24, 2.45) is 7.05 Å². The van der Waals surface area contributed by atoms with Gasteiger partial charge in [-0.2, -0.15) is 0 Å². The highest BCUT2D eigenvalue weighted by molar-refractivity contribution is 6.45. The molecule has 156 valence electrons. The van der Waals surface area contributed by atoms with Gasteiger partial charge in [0.2, 0.25) is 0 Å². The monoisotopic (exact) mass is 445 g/mol. The van der Waals surface area contributed by atoms with Gasteiger partial charge >= 0.3 is 5.97 Å². The highest BCUT2D eigenvalue weighted by Gasteiger charge is 2.38. The van der Waals surface area contributed by atoms with Gasteiger partial charge in [0.15, 0.2) is 0 Å². The van der Waals surface area contributed by atoms with Crippen molar-refractivity contribution in [2.45, 2.75) is 18.9 Å². The zero-order valence-electron chi connectivity index (χ0n) is 16.6. The summed E-state index contributed by atoms with van der Waals surface area (Å²) in [5.74, 6) is -1.20. The predicted octanol–water partition coefficient (Wildman–Crippen LogP) is 4.11. The lowest BCUT2D eigenvalue weighted by molar-refractivity contribution is 0.0695. The molecule has 2 heterocycles. The highest BCUT2D eigenvalue weighted by atomic mass is 35.5. The van der Waals surface area contributed by atoms with Crippen LogP contribution in [0.3, 0.4) is 0 Å². The number of carboxylic acids is 1. The molecule has 6 nitrogen and oxygen atoms in total. The van der Waals surface area contributed by atoms with Crippen molar-refractivity contribution in [3.8, 4) is 0 Å². The number of nitrogens with one attached hydrogen (secondary N) is 2. The van der Waals surface area contributed by atoms with Crippen LogP contribution in [0.5, 0.6) is 0 Å². The minimum Gasteiger partial charge on any atom is -0.478 e. The Bertz CT molecular complexity index is 1180. The Kier molecular flexibility index (Phi) is 5.26. The summed E-state index contributed by atoms with van der Waals surface area (Å²) in [7, 11) is 1.81. The number of hydrogen-bond acceptors (Lipinski definition) is 3. The Labute approximate surface area is 183 Å². The van der Waals surface area contributed by atoms with E-state index in [4.69, 9.17) is 23.2 Å². The standard InChI is InChI=1S/C22H21Cl2N3O3/c1-12-9-13(3-4-14(12)21(29)30)22(7-8-25-11-22)26-20(28)18-10-15-17(27(18)2)6-5-16(23)19(15)24/h3-6,9-10,25H,7-8,11H2,1-2H3,(H,26,28)(H,29,30). The first kappa shape index (κ1) is 20.7. The maximum atomic E-state index is 13.3. The van der Waals surface area contributed by atoms with Crippen molar-refractivity contribution in [1.29, 1.82) is 0 Å². The largest absolute Gasteiger partial charge is 0.478 e. The molecular weight excluding hydrogens is 425 g/mol. The molecule has 1 atom stereocenters. The van der Waals surface area contributed by atoms with Gasteiger partial charge in [0.1, 0.15) is 5.69 Å². The summed E-state index contributed by atoms with van der Waals surface area (Å²) in [6.45, 7) is 3.07. The fraction of sp³-hybridized carbons (Fsp3) is 0.273. The number of nitrogens with zero attached hydrogens (tertiary/aromatic N) is 1. The van der Waals surface area contributed by atoms with Gasteiger partial charge in [-0.3, -0.25) is 4.79 Å². The van der Waals surface area contributed by atoms with E-state index in [1.54, 1.807) is 35.8 Å². The summed E-state index contributed by atoms with van der Waals surface area (Å²) in [5, 5.41) is 17.4. The molecule has 1 aliphatic rings. The first-order valence-corrected chi connectivity index (χ1v) is 10.3. The molecule has 1 unspecified atom stereocenters. The summed E-state index contributed by atoms with van der Waals surface area (Å²) in [4.78, 5) is 24.7. The second kappa shape index (κ2) is 7.61. The van der Waals surface area contributed by atoms with E-state index >= 15 is 0 Å². The first-order valence-electron chi connectivity index (χ1n) is 9.54. The van der Waals surface area contributed by atoms with Gasteiger partial charge in [0.25, 0.3) is 5.91 Å². The number of amides is 1. The SMILES string of the molecule is Cc1cc(C2(NC(=O)c3cc4c(Cl)c(Cl)ccc4n3C)CCNC2)ccc1C(=O)O. The lowest BCUT2D eigenvalue weighted by Gasteiger charge is -2.31. The Morgan fingerprint density at radius 3 is 2.60 bits per heavy atom. The molecule has 3 aromatic rings. The van der Waals surface area contributed by atoms with Crippen LogP contribution in [-0.2, 0) is 12.6 Å². The van der Waals surface area contributed by atoms with Crippen molar-refractivity contribution >= 4 is 46.0 Å². The summed E-state index contributed by atoms with van der Waals surface area (Å²) in [6, 6.07) is 10.5. The van der Waals surface area contributed by atoms with Crippen LogP contribution >= 0.6 is 23.2 Å². The Morgan fingerprint density at radius 2 is 1.97 bits per heavy atom. The number of carbonyl (C=O) groups is 2. The molecule has 0 spiro atoms. The van der Waals surface area contributed by atoms with E-state index in [1.165, 1.54) is 0 Å². The molecule has 1 fully saturated rings. The zero-order valence-corrected chi connectivity index (χ0v) is 18.1. The lowest BCUT2D eigenvalue weighted by atomic mass is 9.86. The number of aromatic carboxylic acids is 1. The van der Waals surface area contributed by atoms with E-state index in [2.05, 4.69) is 10.6 Å². The third-order valence-corrected chi connectivity index (χ3v) is 6.68. The van der Waals surface area contributed by atoms with Crippen LogP contribution in [0.25, 0.3) is 10.9 Å². The smallest absolute Gasteiger partial charge is 0.335 e. The summed E-state index contributed by atoms with van der Waals surface area (Å²) < 4.78 is 1.79. The van der Waals surface area contributed by atoms with E-state index in [1.807, 2.05) is 19.2 Å². The minimum absolute atomic E-state index is 0.232. The van der Waals surface area contributed by atoms with Gasteiger partial charge in [-0.1, -0.05) is 35.3 Å². The predicted molar refractivity (Wildman–Crippen MR) is 118 cm³/mol. The van der Waals surface area contributed by atoms with Crippen LogP contribution in [0.1, 0.15) is 38.4 Å². The van der Waals surface area contributed by atoms with Crippen molar-refractivity contribution in [3.63, 3.8) is 0 Å². The number of aromatic nitrogens is 1. The third kappa shape index (κ3) is 3.35. The maximum absolute atomic E-state index is 13.3. The third-order valence-electron chi connectivity index (χ3n) is 5.86. The molecular formula is C22H21Cl2N3O3. The Balaban J connectivity index is 1.72. The number of fused-ring (bicyclic) bond motifs is 1. The van der Waals surface area contributed by atoms with E-state index in [-0.39, 0.29) is 11.5 Å². The maximum Gasteiger partial charge on any atom is 0.335 e. The molecule has 1 amide bonds. The lowest BCUT2D eigenvalue weighted by Crippen LogP contribution is -2.48. The molecule has 1 aromatic heterocycles. The number of halogens is 2. The Hall–Kier alpha value is -2.54. The van der Waals surface area contributed by atoms with Gasteiger partial charge in [-0.05, 0) is 55.3 Å². The number of benzene rings is 2. The highest BCUT2D eigenvalue weighted by Crippen LogP contribution is 2.34. The zero-order chi connectivity index (χ0) is 21.6. The molecule has 0 saturated carbocycles. The molecule has 0 bridgehead atoms. The molecule has 1 saturated heterocycles. The molecule has 4 rings (SSSR count). The molecule has 2 aromatic carbocycles. The molecule has 8 heteroatoms. The first-order chi connectivity index (χ1) is 14.2. The van der Waals surface area contributed by atoms with Gasteiger partial charge in [-0.25, -0.2) is 4.79 Å².